The van der Waals surface area contributed by atoms with Crippen LogP contribution in [0.1, 0.15) is 24.0 Å². The minimum Gasteiger partial charge on any atom is -0.392 e. The fourth-order valence-corrected chi connectivity index (χ4v) is 2.78. The van der Waals surface area contributed by atoms with E-state index in [1.165, 1.54) is 6.07 Å². The van der Waals surface area contributed by atoms with Crippen LogP contribution < -0.4 is 4.72 Å². The number of hydrogen-bond donors (Lipinski definition) is 2. The van der Waals surface area contributed by atoms with Crippen molar-refractivity contribution < 1.29 is 26.7 Å². The molecule has 0 radical (unpaired) electrons. The van der Waals surface area contributed by atoms with Crippen molar-refractivity contribution in [2.45, 2.75) is 31.4 Å². The molecule has 0 saturated carbocycles. The van der Waals surface area contributed by atoms with Gasteiger partial charge in [-0.3, -0.25) is 0 Å². The predicted octanol–water partition coefficient (Wildman–Crippen LogP) is 1.94. The van der Waals surface area contributed by atoms with Crippen LogP contribution in [0.5, 0.6) is 0 Å². The first kappa shape index (κ1) is 16.9. The molecular weight excluding hydrogens is 295 g/mol. The SMILES string of the molecule is O=S(=O)(Cc1cccc(CO)c1)NCCCC(F)(F)F. The first-order chi connectivity index (χ1) is 9.22. The van der Waals surface area contributed by atoms with Crippen molar-refractivity contribution in [2.24, 2.45) is 0 Å². The second-order valence-electron chi connectivity index (χ2n) is 4.35. The van der Waals surface area contributed by atoms with Crippen LogP contribution in [0.2, 0.25) is 0 Å². The summed E-state index contributed by atoms with van der Waals surface area (Å²) in [4.78, 5) is 0. The molecule has 20 heavy (non-hydrogen) atoms. The number of aliphatic hydroxyl groups is 1. The Balaban J connectivity index is 2.49. The fourth-order valence-electron chi connectivity index (χ4n) is 1.60. The highest BCUT2D eigenvalue weighted by atomic mass is 32.2. The van der Waals surface area contributed by atoms with Crippen LogP contribution in [0.3, 0.4) is 0 Å². The molecule has 0 aliphatic rings. The molecular formula is C12H16F3NO3S. The summed E-state index contributed by atoms with van der Waals surface area (Å²) < 4.78 is 61.2. The molecule has 0 bridgehead atoms. The van der Waals surface area contributed by atoms with Gasteiger partial charge >= 0.3 is 6.18 Å². The number of aliphatic hydroxyl groups excluding tert-OH is 1. The Labute approximate surface area is 115 Å². The van der Waals surface area contributed by atoms with E-state index in [0.29, 0.717) is 11.1 Å². The van der Waals surface area contributed by atoms with Crippen LogP contribution >= 0.6 is 0 Å². The third-order valence-corrected chi connectivity index (χ3v) is 3.85. The molecule has 0 atom stereocenters. The van der Waals surface area contributed by atoms with Crippen molar-refractivity contribution in [2.75, 3.05) is 6.54 Å². The highest BCUT2D eigenvalue weighted by Crippen LogP contribution is 2.20. The van der Waals surface area contributed by atoms with Crippen molar-refractivity contribution in [3.05, 3.63) is 35.4 Å². The van der Waals surface area contributed by atoms with Gasteiger partial charge in [-0.25, -0.2) is 13.1 Å². The minimum absolute atomic E-state index is 0.201. The van der Waals surface area contributed by atoms with Crippen molar-refractivity contribution in [3.8, 4) is 0 Å². The molecule has 0 unspecified atom stereocenters. The number of sulfonamides is 1. The number of alkyl halides is 3. The van der Waals surface area contributed by atoms with Gasteiger partial charge < -0.3 is 5.11 Å². The number of rotatable bonds is 7. The van der Waals surface area contributed by atoms with Crippen molar-refractivity contribution >= 4 is 10.0 Å². The van der Waals surface area contributed by atoms with Gasteiger partial charge in [0.05, 0.1) is 12.4 Å². The molecule has 114 valence electrons. The van der Waals surface area contributed by atoms with Gasteiger partial charge in [0, 0.05) is 13.0 Å². The lowest BCUT2D eigenvalue weighted by atomic mass is 10.1. The molecule has 4 nitrogen and oxygen atoms in total. The van der Waals surface area contributed by atoms with Crippen molar-refractivity contribution in [1.29, 1.82) is 0 Å². The van der Waals surface area contributed by atoms with Crippen LogP contribution in [0.25, 0.3) is 0 Å². The highest BCUT2D eigenvalue weighted by molar-refractivity contribution is 7.88. The smallest absolute Gasteiger partial charge is 0.389 e. The second kappa shape index (κ2) is 7.05. The largest absolute Gasteiger partial charge is 0.392 e. The molecule has 2 N–H and O–H groups in total. The third kappa shape index (κ3) is 6.88. The maximum absolute atomic E-state index is 11.9. The molecule has 0 spiro atoms. The molecule has 0 aromatic heterocycles. The number of hydrogen-bond acceptors (Lipinski definition) is 3. The minimum atomic E-state index is -4.28. The Bertz CT molecular complexity index is 529. The second-order valence-corrected chi connectivity index (χ2v) is 6.16. The van der Waals surface area contributed by atoms with E-state index in [9.17, 15) is 21.6 Å². The van der Waals surface area contributed by atoms with Crippen LogP contribution in [0.15, 0.2) is 24.3 Å². The average Bonchev–Trinajstić information content (AvgIpc) is 2.33. The summed E-state index contributed by atoms with van der Waals surface area (Å²) in [5.74, 6) is -0.327. The van der Waals surface area contributed by atoms with E-state index in [0.717, 1.165) is 0 Å². The van der Waals surface area contributed by atoms with Gasteiger partial charge in [-0.2, -0.15) is 13.2 Å². The quantitative estimate of drug-likeness (QED) is 0.756. The van der Waals surface area contributed by atoms with E-state index in [-0.39, 0.29) is 25.3 Å². The lowest BCUT2D eigenvalue weighted by molar-refractivity contribution is -0.135. The van der Waals surface area contributed by atoms with E-state index in [1.54, 1.807) is 18.2 Å². The van der Waals surface area contributed by atoms with E-state index in [1.807, 2.05) is 0 Å². The summed E-state index contributed by atoms with van der Waals surface area (Å²) >= 11 is 0. The Morgan fingerprint density at radius 1 is 1.20 bits per heavy atom. The molecule has 0 saturated heterocycles. The van der Waals surface area contributed by atoms with Gasteiger partial charge in [0.15, 0.2) is 0 Å². The van der Waals surface area contributed by atoms with Gasteiger partial charge in [-0.05, 0) is 17.5 Å². The Hall–Kier alpha value is -1.12. The Kier molecular flexibility index (Phi) is 5.97. The number of halogens is 3. The summed E-state index contributed by atoms with van der Waals surface area (Å²) in [7, 11) is -3.68. The topological polar surface area (TPSA) is 66.4 Å². The molecule has 0 fully saturated rings. The summed E-state index contributed by atoms with van der Waals surface area (Å²) in [6, 6.07) is 6.37. The molecule has 0 aliphatic carbocycles. The van der Waals surface area contributed by atoms with Crippen LogP contribution in [0.4, 0.5) is 13.2 Å². The molecule has 0 aliphatic heterocycles. The molecule has 1 aromatic carbocycles. The van der Waals surface area contributed by atoms with E-state index >= 15 is 0 Å². The first-order valence-corrected chi connectivity index (χ1v) is 7.60. The summed E-state index contributed by atoms with van der Waals surface area (Å²) in [5, 5.41) is 8.94. The lowest BCUT2D eigenvalue weighted by Gasteiger charge is -2.09. The van der Waals surface area contributed by atoms with Gasteiger partial charge in [0.2, 0.25) is 10.0 Å². The van der Waals surface area contributed by atoms with Gasteiger partial charge in [-0.15, -0.1) is 0 Å². The van der Waals surface area contributed by atoms with Crippen molar-refractivity contribution in [3.63, 3.8) is 0 Å². The normalized spacial score (nSPS) is 12.6. The van der Waals surface area contributed by atoms with E-state index in [2.05, 4.69) is 4.72 Å². The summed E-state index contributed by atoms with van der Waals surface area (Å²) in [6.07, 6.45) is -5.59. The predicted molar refractivity (Wildman–Crippen MR) is 68.3 cm³/mol. The standard InChI is InChI=1S/C12H16F3NO3S/c13-12(14,15)5-2-6-16-20(18,19)9-11-4-1-3-10(7-11)8-17/h1,3-4,7,16-17H,2,5-6,8-9H2. The van der Waals surface area contributed by atoms with Gasteiger partial charge in [0.25, 0.3) is 0 Å². The summed E-state index contributed by atoms with van der Waals surface area (Å²) in [6.45, 7) is -0.450. The van der Waals surface area contributed by atoms with Crippen molar-refractivity contribution in [1.82, 2.24) is 4.72 Å². The number of benzene rings is 1. The maximum Gasteiger partial charge on any atom is 0.389 e. The monoisotopic (exact) mass is 311 g/mol. The molecule has 8 heteroatoms. The average molecular weight is 311 g/mol. The first-order valence-electron chi connectivity index (χ1n) is 5.94. The molecule has 0 amide bonds. The van der Waals surface area contributed by atoms with E-state index in [4.69, 9.17) is 5.11 Å². The zero-order chi connectivity index (χ0) is 15.2. The zero-order valence-corrected chi connectivity index (χ0v) is 11.5. The maximum atomic E-state index is 11.9. The fraction of sp³-hybridized carbons (Fsp3) is 0.500. The number of nitrogens with one attached hydrogen (secondary N) is 1. The molecule has 1 aromatic rings. The van der Waals surface area contributed by atoms with Crippen LogP contribution in [0, 0.1) is 0 Å². The highest BCUT2D eigenvalue weighted by Gasteiger charge is 2.26. The third-order valence-electron chi connectivity index (χ3n) is 2.49. The van der Waals surface area contributed by atoms with E-state index < -0.39 is 22.6 Å². The molecule has 1 rings (SSSR count). The molecule has 0 heterocycles. The Morgan fingerprint density at radius 2 is 1.85 bits per heavy atom. The summed E-state index contributed by atoms with van der Waals surface area (Å²) in [5.41, 5.74) is 1.05. The van der Waals surface area contributed by atoms with Gasteiger partial charge in [-0.1, -0.05) is 24.3 Å². The van der Waals surface area contributed by atoms with Crippen LogP contribution in [-0.2, 0) is 22.4 Å². The Morgan fingerprint density at radius 3 is 2.45 bits per heavy atom. The van der Waals surface area contributed by atoms with Gasteiger partial charge in [0.1, 0.15) is 0 Å². The lowest BCUT2D eigenvalue weighted by Crippen LogP contribution is -2.27. The zero-order valence-electron chi connectivity index (χ0n) is 10.7. The van der Waals surface area contributed by atoms with Crippen LogP contribution in [-0.4, -0.2) is 26.2 Å².